The quantitative estimate of drug-likeness (QED) is 0.640. The fourth-order valence-corrected chi connectivity index (χ4v) is 1.94. The Labute approximate surface area is 147 Å². The van der Waals surface area contributed by atoms with Gasteiger partial charge in [-0.1, -0.05) is 13.3 Å². The molecule has 8 heteroatoms. The Hall–Kier alpha value is -2.12. The highest BCUT2D eigenvalue weighted by atomic mass is 35.5. The molecule has 1 unspecified atom stereocenters. The number of nitrogens with two attached hydrogens (primary N) is 1. The minimum Gasteiger partial charge on any atom is -0.468 e. The van der Waals surface area contributed by atoms with E-state index in [9.17, 15) is 14.4 Å². The van der Waals surface area contributed by atoms with Crippen molar-refractivity contribution in [3.05, 3.63) is 29.8 Å². The highest BCUT2D eigenvalue weighted by Gasteiger charge is 2.27. The van der Waals surface area contributed by atoms with Crippen LogP contribution in [0.2, 0.25) is 0 Å². The molecule has 2 amide bonds. The number of halogens is 1. The van der Waals surface area contributed by atoms with Crippen molar-refractivity contribution in [2.24, 2.45) is 5.73 Å². The molecule has 0 aliphatic heterocycles. The number of ether oxygens (including phenoxy) is 1. The first-order valence-corrected chi connectivity index (χ1v) is 7.35. The van der Waals surface area contributed by atoms with Crippen LogP contribution in [-0.4, -0.2) is 37.0 Å². The second-order valence-corrected chi connectivity index (χ2v) is 5.46. The Morgan fingerprint density at radius 2 is 1.79 bits per heavy atom. The Morgan fingerprint density at radius 3 is 2.29 bits per heavy atom. The molecule has 1 aromatic rings. The standard InChI is InChI=1S/C16H23N3O4.ClH/c1-4-9-16(2,17)15(22)19-12-7-5-11(6-8-12)14(21)18-10-13(20)23-3;/h5-8H,4,9-10,17H2,1-3H3,(H,18,21)(H,19,22);1H. The van der Waals surface area contributed by atoms with Crippen LogP contribution in [-0.2, 0) is 14.3 Å². The SMILES string of the molecule is CCCC(C)(N)C(=O)Nc1ccc(C(=O)NCC(=O)OC)cc1.Cl. The number of anilines is 1. The van der Waals surface area contributed by atoms with Gasteiger partial charge in [-0.15, -0.1) is 12.4 Å². The molecule has 24 heavy (non-hydrogen) atoms. The van der Waals surface area contributed by atoms with Gasteiger partial charge in [-0.05, 0) is 37.6 Å². The maximum atomic E-state index is 12.1. The fourth-order valence-electron chi connectivity index (χ4n) is 1.94. The van der Waals surface area contributed by atoms with E-state index in [1.807, 2.05) is 6.92 Å². The maximum Gasteiger partial charge on any atom is 0.325 e. The average Bonchev–Trinajstić information content (AvgIpc) is 2.52. The highest BCUT2D eigenvalue weighted by molar-refractivity contribution is 5.99. The molecule has 0 fully saturated rings. The summed E-state index contributed by atoms with van der Waals surface area (Å²) in [6.07, 6.45) is 1.38. The van der Waals surface area contributed by atoms with Crippen molar-refractivity contribution >= 4 is 35.9 Å². The van der Waals surface area contributed by atoms with Gasteiger partial charge in [0.25, 0.3) is 5.91 Å². The number of hydrogen-bond donors (Lipinski definition) is 3. The fraction of sp³-hybridized carbons (Fsp3) is 0.438. The van der Waals surface area contributed by atoms with Gasteiger partial charge in [-0.3, -0.25) is 14.4 Å². The molecule has 0 aromatic heterocycles. The van der Waals surface area contributed by atoms with E-state index in [-0.39, 0.29) is 24.9 Å². The Bertz CT molecular complexity index is 573. The number of esters is 1. The first-order chi connectivity index (χ1) is 10.8. The lowest BCUT2D eigenvalue weighted by Crippen LogP contribution is -2.48. The summed E-state index contributed by atoms with van der Waals surface area (Å²) in [7, 11) is 1.25. The summed E-state index contributed by atoms with van der Waals surface area (Å²) in [4.78, 5) is 34.9. The molecule has 4 N–H and O–H groups in total. The molecule has 0 aliphatic carbocycles. The summed E-state index contributed by atoms with van der Waals surface area (Å²) < 4.78 is 4.44. The van der Waals surface area contributed by atoms with E-state index < -0.39 is 17.4 Å². The molecule has 0 spiro atoms. The third-order valence-corrected chi connectivity index (χ3v) is 3.31. The molecule has 1 atom stereocenters. The van der Waals surface area contributed by atoms with Crippen LogP contribution < -0.4 is 16.4 Å². The summed E-state index contributed by atoms with van der Waals surface area (Å²) in [6, 6.07) is 6.31. The third-order valence-electron chi connectivity index (χ3n) is 3.31. The molecule has 0 saturated heterocycles. The average molecular weight is 358 g/mol. The lowest BCUT2D eigenvalue weighted by molar-refractivity contribution is -0.139. The Balaban J connectivity index is 0.00000529. The molecule has 0 bridgehead atoms. The smallest absolute Gasteiger partial charge is 0.325 e. The Morgan fingerprint density at radius 1 is 1.21 bits per heavy atom. The van der Waals surface area contributed by atoms with Crippen LogP contribution >= 0.6 is 12.4 Å². The van der Waals surface area contributed by atoms with E-state index in [1.165, 1.54) is 7.11 Å². The number of methoxy groups -OCH3 is 1. The van der Waals surface area contributed by atoms with E-state index in [2.05, 4.69) is 15.4 Å². The van der Waals surface area contributed by atoms with Crippen molar-refractivity contribution in [2.75, 3.05) is 19.0 Å². The molecular formula is C16H24ClN3O4. The summed E-state index contributed by atoms with van der Waals surface area (Å²) in [6.45, 7) is 3.44. The van der Waals surface area contributed by atoms with Crippen LogP contribution in [0.5, 0.6) is 0 Å². The van der Waals surface area contributed by atoms with Gasteiger partial charge < -0.3 is 21.1 Å². The summed E-state index contributed by atoms with van der Waals surface area (Å²) in [5, 5.41) is 5.15. The number of hydrogen-bond acceptors (Lipinski definition) is 5. The second-order valence-electron chi connectivity index (χ2n) is 5.46. The first kappa shape index (κ1) is 21.9. The number of benzene rings is 1. The number of nitrogens with one attached hydrogen (secondary N) is 2. The van der Waals surface area contributed by atoms with Crippen molar-refractivity contribution in [3.63, 3.8) is 0 Å². The second kappa shape index (κ2) is 9.89. The van der Waals surface area contributed by atoms with Crippen LogP contribution in [0.3, 0.4) is 0 Å². The monoisotopic (exact) mass is 357 g/mol. The first-order valence-electron chi connectivity index (χ1n) is 7.35. The largest absolute Gasteiger partial charge is 0.468 e. The zero-order valence-electron chi connectivity index (χ0n) is 14.0. The van der Waals surface area contributed by atoms with Gasteiger partial charge in [0.1, 0.15) is 6.54 Å². The Kier molecular flexibility index (Phi) is 9.02. The van der Waals surface area contributed by atoms with Gasteiger partial charge in [0.05, 0.1) is 12.6 Å². The van der Waals surface area contributed by atoms with Gasteiger partial charge in [0.15, 0.2) is 0 Å². The van der Waals surface area contributed by atoms with Crippen molar-refractivity contribution in [3.8, 4) is 0 Å². The van der Waals surface area contributed by atoms with Crippen molar-refractivity contribution in [2.45, 2.75) is 32.2 Å². The molecule has 0 heterocycles. The van der Waals surface area contributed by atoms with E-state index in [4.69, 9.17) is 5.73 Å². The normalized spacial score (nSPS) is 12.3. The summed E-state index contributed by atoms with van der Waals surface area (Å²) >= 11 is 0. The van der Waals surface area contributed by atoms with Crippen molar-refractivity contribution < 1.29 is 19.1 Å². The van der Waals surface area contributed by atoms with Gasteiger partial charge in [0, 0.05) is 11.3 Å². The molecule has 134 valence electrons. The van der Waals surface area contributed by atoms with Crippen LogP contribution in [0.1, 0.15) is 37.0 Å². The predicted octanol–water partition coefficient (Wildman–Crippen LogP) is 1.47. The lowest BCUT2D eigenvalue weighted by atomic mass is 9.96. The zero-order valence-corrected chi connectivity index (χ0v) is 14.9. The number of carbonyl (C=O) groups excluding carboxylic acids is 3. The minimum atomic E-state index is -0.939. The number of amides is 2. The third kappa shape index (κ3) is 6.55. The van der Waals surface area contributed by atoms with Crippen LogP contribution in [0.4, 0.5) is 5.69 Å². The van der Waals surface area contributed by atoms with Crippen LogP contribution in [0.15, 0.2) is 24.3 Å². The summed E-state index contributed by atoms with van der Waals surface area (Å²) in [5.74, 6) is -1.20. The predicted molar refractivity (Wildman–Crippen MR) is 94.2 cm³/mol. The van der Waals surface area contributed by atoms with E-state index in [0.29, 0.717) is 17.7 Å². The molecular weight excluding hydrogens is 334 g/mol. The van der Waals surface area contributed by atoms with E-state index >= 15 is 0 Å². The van der Waals surface area contributed by atoms with Crippen LogP contribution in [0, 0.1) is 0 Å². The number of rotatable bonds is 7. The summed E-state index contributed by atoms with van der Waals surface area (Å²) in [5.41, 5.74) is 5.94. The van der Waals surface area contributed by atoms with Crippen molar-refractivity contribution in [1.82, 2.24) is 5.32 Å². The lowest BCUT2D eigenvalue weighted by Gasteiger charge is -2.22. The van der Waals surface area contributed by atoms with Gasteiger partial charge >= 0.3 is 5.97 Å². The van der Waals surface area contributed by atoms with E-state index in [0.717, 1.165) is 6.42 Å². The van der Waals surface area contributed by atoms with Gasteiger partial charge in [-0.2, -0.15) is 0 Å². The zero-order chi connectivity index (χ0) is 17.5. The molecule has 0 aliphatic rings. The molecule has 1 rings (SSSR count). The molecule has 0 saturated carbocycles. The number of carbonyl (C=O) groups is 3. The maximum absolute atomic E-state index is 12.1. The minimum absolute atomic E-state index is 0. The van der Waals surface area contributed by atoms with Gasteiger partial charge in [-0.25, -0.2) is 0 Å². The molecule has 7 nitrogen and oxygen atoms in total. The van der Waals surface area contributed by atoms with E-state index in [1.54, 1.807) is 31.2 Å². The van der Waals surface area contributed by atoms with Gasteiger partial charge in [0.2, 0.25) is 5.91 Å². The van der Waals surface area contributed by atoms with Crippen molar-refractivity contribution in [1.29, 1.82) is 0 Å². The molecule has 0 radical (unpaired) electrons. The van der Waals surface area contributed by atoms with Crippen LogP contribution in [0.25, 0.3) is 0 Å². The topological polar surface area (TPSA) is 111 Å². The molecule has 1 aromatic carbocycles. The highest BCUT2D eigenvalue weighted by Crippen LogP contribution is 2.14.